The molecule has 0 spiro atoms. The number of nitrogens with zero attached hydrogens (tertiary/aromatic N) is 1. The molecule has 1 atom stereocenters. The summed E-state index contributed by atoms with van der Waals surface area (Å²) >= 11 is 5.98. The van der Waals surface area contributed by atoms with E-state index < -0.39 is 10.0 Å². The van der Waals surface area contributed by atoms with E-state index in [4.69, 9.17) is 11.6 Å². The van der Waals surface area contributed by atoms with Crippen LogP contribution in [-0.4, -0.2) is 39.0 Å². The standard InChI is InChI=1S/C14H23ClN2O2S/c1-5-17(6-2)12(4)10-16-20(18,19)13-8-7-11(3)14(15)9-13/h7-9,12,16H,5-6,10H2,1-4H3. The fourth-order valence-corrected chi connectivity index (χ4v) is 3.42. The van der Waals surface area contributed by atoms with Gasteiger partial charge in [-0.2, -0.15) is 0 Å². The largest absolute Gasteiger partial charge is 0.300 e. The molecule has 0 aliphatic heterocycles. The highest BCUT2D eigenvalue weighted by Gasteiger charge is 2.18. The first-order valence-corrected chi connectivity index (χ1v) is 8.67. The molecule has 4 nitrogen and oxygen atoms in total. The monoisotopic (exact) mass is 318 g/mol. The van der Waals surface area contributed by atoms with Crippen LogP contribution in [0, 0.1) is 6.92 Å². The van der Waals surface area contributed by atoms with E-state index in [-0.39, 0.29) is 10.9 Å². The molecular weight excluding hydrogens is 296 g/mol. The van der Waals surface area contributed by atoms with Crippen molar-refractivity contribution in [3.63, 3.8) is 0 Å². The average Bonchev–Trinajstić information content (AvgIpc) is 2.41. The Morgan fingerprint density at radius 1 is 1.30 bits per heavy atom. The van der Waals surface area contributed by atoms with Crippen molar-refractivity contribution in [3.05, 3.63) is 28.8 Å². The lowest BCUT2D eigenvalue weighted by atomic mass is 10.2. The Morgan fingerprint density at radius 3 is 2.40 bits per heavy atom. The van der Waals surface area contributed by atoms with Crippen molar-refractivity contribution < 1.29 is 8.42 Å². The van der Waals surface area contributed by atoms with Crippen molar-refractivity contribution in [3.8, 4) is 0 Å². The molecule has 6 heteroatoms. The van der Waals surface area contributed by atoms with Crippen LogP contribution < -0.4 is 4.72 Å². The number of nitrogens with one attached hydrogen (secondary N) is 1. The van der Waals surface area contributed by atoms with E-state index in [9.17, 15) is 8.42 Å². The van der Waals surface area contributed by atoms with Gasteiger partial charge < -0.3 is 0 Å². The molecule has 0 aliphatic carbocycles. The Labute approximate surface area is 127 Å². The van der Waals surface area contributed by atoms with Crippen molar-refractivity contribution in [1.29, 1.82) is 0 Å². The zero-order valence-electron chi connectivity index (χ0n) is 12.5. The topological polar surface area (TPSA) is 49.4 Å². The van der Waals surface area contributed by atoms with Crippen molar-refractivity contribution in [2.45, 2.75) is 38.6 Å². The normalized spacial score (nSPS) is 13.7. The maximum Gasteiger partial charge on any atom is 0.240 e. The van der Waals surface area contributed by atoms with Crippen LogP contribution >= 0.6 is 11.6 Å². The zero-order chi connectivity index (χ0) is 15.3. The molecule has 0 bridgehead atoms. The number of likely N-dealkylation sites (N-methyl/N-ethyl adjacent to an activating group) is 1. The second kappa shape index (κ2) is 7.41. The molecule has 20 heavy (non-hydrogen) atoms. The summed E-state index contributed by atoms with van der Waals surface area (Å²) < 4.78 is 27.1. The summed E-state index contributed by atoms with van der Waals surface area (Å²) in [6.45, 7) is 10.2. The summed E-state index contributed by atoms with van der Waals surface area (Å²) in [7, 11) is -3.51. The fraction of sp³-hybridized carbons (Fsp3) is 0.571. The van der Waals surface area contributed by atoms with Gasteiger partial charge >= 0.3 is 0 Å². The first kappa shape index (κ1) is 17.4. The van der Waals surface area contributed by atoms with Gasteiger partial charge in [0.2, 0.25) is 10.0 Å². The van der Waals surface area contributed by atoms with Crippen LogP contribution in [0.4, 0.5) is 0 Å². The highest BCUT2D eigenvalue weighted by Crippen LogP contribution is 2.19. The Balaban J connectivity index is 2.77. The first-order valence-electron chi connectivity index (χ1n) is 6.81. The van der Waals surface area contributed by atoms with Gasteiger partial charge in [-0.3, -0.25) is 4.90 Å². The molecule has 114 valence electrons. The van der Waals surface area contributed by atoms with Gasteiger partial charge in [0, 0.05) is 17.6 Å². The number of hydrogen-bond acceptors (Lipinski definition) is 3. The molecule has 0 saturated carbocycles. The molecule has 1 aromatic carbocycles. The van der Waals surface area contributed by atoms with E-state index in [2.05, 4.69) is 23.5 Å². The predicted octanol–water partition coefficient (Wildman–Crippen LogP) is 2.66. The van der Waals surface area contributed by atoms with Crippen molar-refractivity contribution in [2.24, 2.45) is 0 Å². The summed E-state index contributed by atoms with van der Waals surface area (Å²) in [6, 6.07) is 4.93. The van der Waals surface area contributed by atoms with E-state index in [1.165, 1.54) is 6.07 Å². The van der Waals surface area contributed by atoms with E-state index in [0.29, 0.717) is 11.6 Å². The Hall–Kier alpha value is -0.620. The van der Waals surface area contributed by atoms with Crippen LogP contribution in [0.25, 0.3) is 0 Å². The highest BCUT2D eigenvalue weighted by molar-refractivity contribution is 7.89. The van der Waals surface area contributed by atoms with E-state index in [1.807, 2.05) is 13.8 Å². The van der Waals surface area contributed by atoms with Gasteiger partial charge in [0.25, 0.3) is 0 Å². The molecule has 0 aliphatic rings. The smallest absolute Gasteiger partial charge is 0.240 e. The summed E-state index contributed by atoms with van der Waals surface area (Å²) in [6.07, 6.45) is 0. The molecule has 1 unspecified atom stereocenters. The van der Waals surface area contributed by atoms with Crippen molar-refractivity contribution in [2.75, 3.05) is 19.6 Å². The molecule has 0 aromatic heterocycles. The van der Waals surface area contributed by atoms with E-state index in [0.717, 1.165) is 18.7 Å². The molecule has 1 aromatic rings. The predicted molar refractivity (Wildman–Crippen MR) is 83.8 cm³/mol. The molecule has 0 fully saturated rings. The molecule has 0 amide bonds. The third kappa shape index (κ3) is 4.45. The summed E-state index contributed by atoms with van der Waals surface area (Å²) in [5.74, 6) is 0. The van der Waals surface area contributed by atoms with Gasteiger partial charge in [0.05, 0.1) is 4.90 Å². The molecule has 0 saturated heterocycles. The number of aryl methyl sites for hydroxylation is 1. The minimum Gasteiger partial charge on any atom is -0.300 e. The number of sulfonamides is 1. The highest BCUT2D eigenvalue weighted by atomic mass is 35.5. The molecule has 1 N–H and O–H groups in total. The maximum atomic E-state index is 12.2. The van der Waals surface area contributed by atoms with Crippen LogP contribution in [0.15, 0.2) is 23.1 Å². The van der Waals surface area contributed by atoms with E-state index in [1.54, 1.807) is 12.1 Å². The van der Waals surface area contributed by atoms with Gasteiger partial charge in [0.15, 0.2) is 0 Å². The quantitative estimate of drug-likeness (QED) is 0.841. The van der Waals surface area contributed by atoms with E-state index >= 15 is 0 Å². The molecule has 1 rings (SSSR count). The lowest BCUT2D eigenvalue weighted by Gasteiger charge is -2.26. The molecular formula is C14H23ClN2O2S. The van der Waals surface area contributed by atoms with Crippen molar-refractivity contribution in [1.82, 2.24) is 9.62 Å². The van der Waals surface area contributed by atoms with Crippen LogP contribution in [0.3, 0.4) is 0 Å². The van der Waals surface area contributed by atoms with Gasteiger partial charge in [-0.1, -0.05) is 31.5 Å². The number of rotatable bonds is 7. The van der Waals surface area contributed by atoms with Gasteiger partial charge in [-0.15, -0.1) is 0 Å². The Morgan fingerprint density at radius 2 is 1.90 bits per heavy atom. The number of halogens is 1. The lowest BCUT2D eigenvalue weighted by Crippen LogP contribution is -2.41. The summed E-state index contributed by atoms with van der Waals surface area (Å²) in [5, 5.41) is 0.463. The number of hydrogen-bond donors (Lipinski definition) is 1. The molecule has 0 radical (unpaired) electrons. The SMILES string of the molecule is CCN(CC)C(C)CNS(=O)(=O)c1ccc(C)c(Cl)c1. The summed E-state index contributed by atoms with van der Waals surface area (Å²) in [4.78, 5) is 2.41. The first-order chi connectivity index (χ1) is 9.31. The second-order valence-corrected chi connectivity index (χ2v) is 7.01. The molecule has 0 heterocycles. The summed E-state index contributed by atoms with van der Waals surface area (Å²) in [5.41, 5.74) is 0.863. The van der Waals surface area contributed by atoms with Crippen LogP contribution in [0.5, 0.6) is 0 Å². The lowest BCUT2D eigenvalue weighted by molar-refractivity contribution is 0.232. The van der Waals surface area contributed by atoms with Gasteiger partial charge in [-0.05, 0) is 44.6 Å². The Bertz CT molecular complexity index is 542. The van der Waals surface area contributed by atoms with Crippen LogP contribution in [0.2, 0.25) is 5.02 Å². The third-order valence-corrected chi connectivity index (χ3v) is 5.29. The van der Waals surface area contributed by atoms with Gasteiger partial charge in [-0.25, -0.2) is 13.1 Å². The zero-order valence-corrected chi connectivity index (χ0v) is 14.1. The minimum absolute atomic E-state index is 0.153. The van der Waals surface area contributed by atoms with Crippen LogP contribution in [0.1, 0.15) is 26.3 Å². The average molecular weight is 319 g/mol. The second-order valence-electron chi connectivity index (χ2n) is 4.83. The minimum atomic E-state index is -3.51. The maximum absolute atomic E-state index is 12.2. The van der Waals surface area contributed by atoms with Crippen LogP contribution in [-0.2, 0) is 10.0 Å². The number of benzene rings is 1. The fourth-order valence-electron chi connectivity index (χ4n) is 2.03. The van der Waals surface area contributed by atoms with Gasteiger partial charge in [0.1, 0.15) is 0 Å². The van der Waals surface area contributed by atoms with Crippen molar-refractivity contribution >= 4 is 21.6 Å². The Kier molecular flexibility index (Phi) is 6.45. The third-order valence-electron chi connectivity index (χ3n) is 3.46.